The molecular formula is C15H9ClNO5S2-. The summed E-state index contributed by atoms with van der Waals surface area (Å²) in [4.78, 5) is -1.48. The van der Waals surface area contributed by atoms with E-state index in [1.54, 1.807) is 0 Å². The maximum absolute atomic E-state index is 12.5. The third-order valence-electron chi connectivity index (χ3n) is 3.00. The van der Waals surface area contributed by atoms with Gasteiger partial charge in [-0.1, -0.05) is 29.8 Å². The molecule has 0 aliphatic rings. The van der Waals surface area contributed by atoms with Gasteiger partial charge in [-0.25, -0.2) is 16.8 Å². The van der Waals surface area contributed by atoms with Gasteiger partial charge in [0.05, 0.1) is 9.79 Å². The van der Waals surface area contributed by atoms with Gasteiger partial charge in [-0.3, -0.25) is 0 Å². The molecule has 2 aromatic rings. The number of nitriles is 1. The molecule has 0 saturated heterocycles. The Morgan fingerprint density at radius 2 is 1.62 bits per heavy atom. The standard InChI is InChI=1S/C15H10ClNO5S2/c16-12-5-7-13(8-6-12)23(18,19)14(10-17)9-11-3-1-2-4-15(11)24(20,21)22/h1-9H,(H,20,21,22)/p-1. The fourth-order valence-electron chi connectivity index (χ4n) is 1.88. The van der Waals surface area contributed by atoms with E-state index in [0.29, 0.717) is 5.02 Å². The first-order valence-corrected chi connectivity index (χ1v) is 9.60. The van der Waals surface area contributed by atoms with Crippen LogP contribution in [0, 0.1) is 11.3 Å². The summed E-state index contributed by atoms with van der Waals surface area (Å²) >= 11 is 5.70. The molecule has 0 fully saturated rings. The number of allylic oxidation sites excluding steroid dienone is 1. The number of hydrogen-bond acceptors (Lipinski definition) is 6. The largest absolute Gasteiger partial charge is 0.744 e. The highest BCUT2D eigenvalue weighted by atomic mass is 35.5. The van der Waals surface area contributed by atoms with Crippen LogP contribution < -0.4 is 0 Å². The van der Waals surface area contributed by atoms with Crippen LogP contribution in [0.4, 0.5) is 0 Å². The molecule has 0 bridgehead atoms. The predicted octanol–water partition coefficient (Wildman–Crippen LogP) is 2.58. The number of rotatable bonds is 4. The molecule has 6 nitrogen and oxygen atoms in total. The minimum Gasteiger partial charge on any atom is -0.744 e. The molecule has 0 aliphatic heterocycles. The zero-order valence-electron chi connectivity index (χ0n) is 11.9. The first-order chi connectivity index (χ1) is 11.2. The van der Waals surface area contributed by atoms with Crippen LogP contribution >= 0.6 is 11.6 Å². The van der Waals surface area contributed by atoms with Crippen molar-refractivity contribution < 1.29 is 21.4 Å². The third-order valence-corrected chi connectivity index (χ3v) is 5.84. The van der Waals surface area contributed by atoms with Gasteiger partial charge in [0.1, 0.15) is 21.1 Å². The van der Waals surface area contributed by atoms with Crippen LogP contribution in [0.15, 0.2) is 63.2 Å². The highest BCUT2D eigenvalue weighted by Crippen LogP contribution is 2.25. The smallest absolute Gasteiger partial charge is 0.216 e. The van der Waals surface area contributed by atoms with Crippen molar-refractivity contribution in [1.29, 1.82) is 5.26 Å². The molecule has 0 radical (unpaired) electrons. The molecule has 0 saturated carbocycles. The third kappa shape index (κ3) is 3.83. The maximum atomic E-state index is 12.5. The molecule has 9 heteroatoms. The quantitative estimate of drug-likeness (QED) is 0.592. The molecule has 2 rings (SSSR count). The Labute approximate surface area is 144 Å². The van der Waals surface area contributed by atoms with E-state index < -0.39 is 29.8 Å². The Hall–Kier alpha value is -2.18. The Kier molecular flexibility index (Phi) is 5.11. The minimum atomic E-state index is -4.82. The van der Waals surface area contributed by atoms with Gasteiger partial charge in [0, 0.05) is 5.02 Å². The number of halogens is 1. The zero-order valence-corrected chi connectivity index (χ0v) is 14.3. The lowest BCUT2D eigenvalue weighted by atomic mass is 10.2. The van der Waals surface area contributed by atoms with Gasteiger partial charge in [-0.15, -0.1) is 0 Å². The van der Waals surface area contributed by atoms with Crippen LogP contribution in [0.1, 0.15) is 5.56 Å². The van der Waals surface area contributed by atoms with E-state index in [9.17, 15) is 26.7 Å². The first kappa shape index (κ1) is 18.2. The van der Waals surface area contributed by atoms with E-state index in [1.165, 1.54) is 48.5 Å². The number of nitrogens with zero attached hydrogens (tertiary/aromatic N) is 1. The number of sulfone groups is 1. The van der Waals surface area contributed by atoms with Crippen LogP contribution in [0.3, 0.4) is 0 Å². The van der Waals surface area contributed by atoms with Gasteiger partial charge in [0.25, 0.3) is 0 Å². The summed E-state index contributed by atoms with van der Waals surface area (Å²) < 4.78 is 58.7. The van der Waals surface area contributed by atoms with E-state index in [4.69, 9.17) is 11.6 Å². The summed E-state index contributed by atoms with van der Waals surface area (Å²) in [7, 11) is -9.00. The Bertz CT molecular complexity index is 1050. The van der Waals surface area contributed by atoms with Gasteiger partial charge < -0.3 is 4.55 Å². The van der Waals surface area contributed by atoms with E-state index in [1.807, 2.05) is 0 Å². The van der Waals surface area contributed by atoms with Gasteiger partial charge in [-0.05, 0) is 42.0 Å². The molecule has 0 spiro atoms. The summed E-state index contributed by atoms with van der Waals surface area (Å²) in [5.41, 5.74) is -0.179. The van der Waals surface area contributed by atoms with Crippen LogP contribution in [-0.4, -0.2) is 21.4 Å². The fraction of sp³-hybridized carbons (Fsp3) is 0. The van der Waals surface area contributed by atoms with E-state index in [0.717, 1.165) is 12.1 Å². The lowest BCUT2D eigenvalue weighted by molar-refractivity contribution is 0.463. The molecule has 0 heterocycles. The summed E-state index contributed by atoms with van der Waals surface area (Å²) in [5, 5.41) is 9.50. The number of hydrogen-bond donors (Lipinski definition) is 0. The predicted molar refractivity (Wildman–Crippen MR) is 86.6 cm³/mol. The summed E-state index contributed by atoms with van der Waals surface area (Å²) in [6, 6.07) is 11.7. The monoisotopic (exact) mass is 382 g/mol. The van der Waals surface area contributed by atoms with Crippen molar-refractivity contribution in [3.8, 4) is 6.07 Å². The van der Waals surface area contributed by atoms with Crippen molar-refractivity contribution in [3.05, 3.63) is 64.0 Å². The summed E-state index contributed by atoms with van der Waals surface area (Å²) in [6.45, 7) is 0. The molecule has 24 heavy (non-hydrogen) atoms. The first-order valence-electron chi connectivity index (χ1n) is 6.33. The molecule has 2 aromatic carbocycles. The lowest BCUT2D eigenvalue weighted by Crippen LogP contribution is -2.05. The van der Waals surface area contributed by atoms with Crippen LogP contribution in [-0.2, 0) is 20.0 Å². The van der Waals surface area contributed by atoms with Gasteiger partial charge in [0.15, 0.2) is 0 Å². The van der Waals surface area contributed by atoms with Crippen molar-refractivity contribution in [2.24, 2.45) is 0 Å². The zero-order chi connectivity index (χ0) is 18.0. The van der Waals surface area contributed by atoms with Crippen molar-refractivity contribution in [2.75, 3.05) is 0 Å². The summed E-state index contributed by atoms with van der Waals surface area (Å²) in [6.07, 6.45) is 0.856. The topological polar surface area (TPSA) is 115 Å². The second-order valence-electron chi connectivity index (χ2n) is 4.57. The average molecular weight is 383 g/mol. The highest BCUT2D eigenvalue weighted by molar-refractivity contribution is 7.95. The Balaban J connectivity index is 2.64. The molecule has 0 aromatic heterocycles. The van der Waals surface area contributed by atoms with E-state index in [-0.39, 0.29) is 10.5 Å². The highest BCUT2D eigenvalue weighted by Gasteiger charge is 2.21. The molecule has 0 N–H and O–H groups in total. The van der Waals surface area contributed by atoms with E-state index >= 15 is 0 Å². The maximum Gasteiger partial charge on any atom is 0.216 e. The van der Waals surface area contributed by atoms with Gasteiger partial charge >= 0.3 is 0 Å². The van der Waals surface area contributed by atoms with Crippen LogP contribution in [0.5, 0.6) is 0 Å². The second-order valence-corrected chi connectivity index (χ2v) is 8.27. The van der Waals surface area contributed by atoms with Gasteiger partial charge in [-0.2, -0.15) is 5.26 Å². The molecule has 0 atom stereocenters. The Morgan fingerprint density at radius 1 is 1.04 bits per heavy atom. The van der Waals surface area contributed by atoms with E-state index in [2.05, 4.69) is 0 Å². The summed E-state index contributed by atoms with van der Waals surface area (Å²) in [5.74, 6) is 0. The molecule has 0 unspecified atom stereocenters. The van der Waals surface area contributed by atoms with Crippen molar-refractivity contribution in [1.82, 2.24) is 0 Å². The van der Waals surface area contributed by atoms with Crippen LogP contribution in [0.25, 0.3) is 6.08 Å². The Morgan fingerprint density at radius 3 is 2.17 bits per heavy atom. The number of benzene rings is 2. The van der Waals surface area contributed by atoms with Crippen molar-refractivity contribution in [3.63, 3.8) is 0 Å². The molecule has 0 amide bonds. The molecule has 0 aliphatic carbocycles. The minimum absolute atomic E-state index is 0.179. The molecule has 124 valence electrons. The van der Waals surface area contributed by atoms with Crippen molar-refractivity contribution in [2.45, 2.75) is 9.79 Å². The SMILES string of the molecule is N#CC(=Cc1ccccc1S(=O)(=O)[O-])S(=O)(=O)c1ccc(Cl)cc1. The second kappa shape index (κ2) is 6.75. The normalized spacial score (nSPS) is 12.6. The fourth-order valence-corrected chi connectivity index (χ4v) is 3.82. The van der Waals surface area contributed by atoms with Gasteiger partial charge in [0.2, 0.25) is 9.84 Å². The van der Waals surface area contributed by atoms with Crippen LogP contribution in [0.2, 0.25) is 5.02 Å². The lowest BCUT2D eigenvalue weighted by Gasteiger charge is -2.10. The average Bonchev–Trinajstić information content (AvgIpc) is 2.52. The van der Waals surface area contributed by atoms with Crippen molar-refractivity contribution >= 4 is 37.6 Å². The molecular weight excluding hydrogens is 374 g/mol.